The molecule has 1 fully saturated rings. The summed E-state index contributed by atoms with van der Waals surface area (Å²) in [5, 5.41) is 3.71. The molecule has 4 atom stereocenters. The summed E-state index contributed by atoms with van der Waals surface area (Å²) >= 11 is 0. The summed E-state index contributed by atoms with van der Waals surface area (Å²) in [7, 11) is 0. The molecule has 1 aliphatic carbocycles. The van der Waals surface area contributed by atoms with Gasteiger partial charge in [0.1, 0.15) is 11.9 Å². The second-order valence-corrected chi connectivity index (χ2v) is 5.98. The fourth-order valence-corrected chi connectivity index (χ4v) is 3.30. The van der Waals surface area contributed by atoms with Crippen molar-refractivity contribution in [2.24, 2.45) is 11.8 Å². The highest BCUT2D eigenvalue weighted by Crippen LogP contribution is 2.32. The summed E-state index contributed by atoms with van der Waals surface area (Å²) in [6.45, 7) is 5.73. The number of nitrogens with one attached hydrogen (secondary N) is 1. The van der Waals surface area contributed by atoms with E-state index in [-0.39, 0.29) is 0 Å². The van der Waals surface area contributed by atoms with Crippen molar-refractivity contribution in [3.8, 4) is 5.75 Å². The quantitative estimate of drug-likeness (QED) is 0.884. The first-order valence-electron chi connectivity index (χ1n) is 7.22. The molecule has 0 radical (unpaired) electrons. The Morgan fingerprint density at radius 3 is 2.78 bits per heavy atom. The van der Waals surface area contributed by atoms with Gasteiger partial charge >= 0.3 is 0 Å². The fourth-order valence-electron chi connectivity index (χ4n) is 3.30. The Hall–Kier alpha value is -1.02. The molecule has 0 spiro atoms. The molecule has 0 bridgehead atoms. The van der Waals surface area contributed by atoms with E-state index >= 15 is 0 Å². The Labute approximate surface area is 110 Å². The van der Waals surface area contributed by atoms with Gasteiger partial charge in [-0.3, -0.25) is 0 Å². The van der Waals surface area contributed by atoms with Crippen LogP contribution in [0.25, 0.3) is 0 Å². The van der Waals surface area contributed by atoms with Gasteiger partial charge in [0, 0.05) is 19.0 Å². The van der Waals surface area contributed by atoms with E-state index in [9.17, 15) is 0 Å². The van der Waals surface area contributed by atoms with E-state index in [0.29, 0.717) is 12.1 Å². The van der Waals surface area contributed by atoms with Gasteiger partial charge in [-0.05, 0) is 36.3 Å². The summed E-state index contributed by atoms with van der Waals surface area (Å²) in [6, 6.07) is 9.09. The average molecular weight is 245 g/mol. The molecular weight excluding hydrogens is 222 g/mol. The van der Waals surface area contributed by atoms with Crippen LogP contribution in [0.4, 0.5) is 0 Å². The molecule has 2 heteroatoms. The van der Waals surface area contributed by atoms with Gasteiger partial charge in [-0.15, -0.1) is 0 Å². The van der Waals surface area contributed by atoms with Gasteiger partial charge in [-0.2, -0.15) is 0 Å². The molecule has 1 aromatic rings. The second kappa shape index (κ2) is 4.93. The maximum absolute atomic E-state index is 5.97. The van der Waals surface area contributed by atoms with Gasteiger partial charge in [0.25, 0.3) is 0 Å². The average Bonchev–Trinajstić information content (AvgIpc) is 2.92. The van der Waals surface area contributed by atoms with E-state index in [0.717, 1.165) is 30.6 Å². The van der Waals surface area contributed by atoms with E-state index in [4.69, 9.17) is 4.74 Å². The molecule has 2 nitrogen and oxygen atoms in total. The molecule has 1 heterocycles. The topological polar surface area (TPSA) is 21.3 Å². The van der Waals surface area contributed by atoms with Crippen LogP contribution in [-0.4, -0.2) is 18.7 Å². The minimum atomic E-state index is 0.325. The third-order valence-electron chi connectivity index (χ3n) is 4.79. The van der Waals surface area contributed by atoms with Crippen molar-refractivity contribution in [2.75, 3.05) is 6.54 Å². The van der Waals surface area contributed by atoms with Crippen LogP contribution in [0.1, 0.15) is 32.3 Å². The van der Waals surface area contributed by atoms with Crippen molar-refractivity contribution in [1.29, 1.82) is 0 Å². The molecule has 98 valence electrons. The predicted molar refractivity (Wildman–Crippen MR) is 73.9 cm³/mol. The molecule has 1 aromatic carbocycles. The van der Waals surface area contributed by atoms with Gasteiger partial charge < -0.3 is 10.1 Å². The summed E-state index contributed by atoms with van der Waals surface area (Å²) < 4.78 is 5.97. The lowest BCUT2D eigenvalue weighted by molar-refractivity contribution is 0.214. The third-order valence-corrected chi connectivity index (χ3v) is 4.79. The number of ether oxygens (including phenoxy) is 1. The number of rotatable bonds is 3. The fraction of sp³-hybridized carbons (Fsp3) is 0.625. The van der Waals surface area contributed by atoms with Crippen molar-refractivity contribution in [3.05, 3.63) is 29.8 Å². The molecule has 1 saturated carbocycles. The van der Waals surface area contributed by atoms with Crippen LogP contribution in [-0.2, 0) is 6.42 Å². The van der Waals surface area contributed by atoms with Gasteiger partial charge in [0.2, 0.25) is 0 Å². The summed E-state index contributed by atoms with van der Waals surface area (Å²) in [5.74, 6) is 2.75. The number of hydrogen-bond acceptors (Lipinski definition) is 2. The van der Waals surface area contributed by atoms with Gasteiger partial charge in [-0.25, -0.2) is 0 Å². The normalized spacial score (nSPS) is 34.3. The molecule has 4 unspecified atom stereocenters. The molecule has 3 rings (SSSR count). The monoisotopic (exact) mass is 245 g/mol. The molecule has 0 aromatic heterocycles. The lowest BCUT2D eigenvalue weighted by Crippen LogP contribution is -2.39. The molecule has 18 heavy (non-hydrogen) atoms. The van der Waals surface area contributed by atoms with Crippen molar-refractivity contribution in [2.45, 2.75) is 45.3 Å². The van der Waals surface area contributed by atoms with E-state index in [1.807, 2.05) is 0 Å². The first-order chi connectivity index (χ1) is 8.74. The molecule has 1 N–H and O–H groups in total. The zero-order valence-corrected chi connectivity index (χ0v) is 11.4. The Kier molecular flexibility index (Phi) is 3.29. The zero-order chi connectivity index (χ0) is 12.5. The van der Waals surface area contributed by atoms with Crippen LogP contribution in [0, 0.1) is 11.8 Å². The van der Waals surface area contributed by atoms with Crippen molar-refractivity contribution in [3.63, 3.8) is 0 Å². The number of benzene rings is 1. The highest BCUT2D eigenvalue weighted by Gasteiger charge is 2.30. The molecule has 0 saturated heterocycles. The van der Waals surface area contributed by atoms with E-state index in [1.165, 1.54) is 18.4 Å². The van der Waals surface area contributed by atoms with Crippen LogP contribution < -0.4 is 10.1 Å². The summed E-state index contributed by atoms with van der Waals surface area (Å²) in [5.41, 5.74) is 1.36. The van der Waals surface area contributed by atoms with Crippen LogP contribution in [0.5, 0.6) is 5.75 Å². The van der Waals surface area contributed by atoms with Gasteiger partial charge in [-0.1, -0.05) is 32.0 Å². The number of hydrogen-bond donors (Lipinski definition) is 1. The summed E-state index contributed by atoms with van der Waals surface area (Å²) in [6.07, 6.45) is 4.07. The van der Waals surface area contributed by atoms with E-state index in [1.54, 1.807) is 0 Å². The van der Waals surface area contributed by atoms with E-state index < -0.39 is 0 Å². The van der Waals surface area contributed by atoms with Crippen molar-refractivity contribution < 1.29 is 4.74 Å². The standard InChI is InChI=1S/C16H23NO/c1-11-7-8-15(12(11)2)17-10-14-9-13-5-3-4-6-16(13)18-14/h3-6,11-12,14-15,17H,7-10H2,1-2H3. The van der Waals surface area contributed by atoms with Crippen LogP contribution in [0.15, 0.2) is 24.3 Å². The SMILES string of the molecule is CC1CCC(NCC2Cc3ccccc3O2)C1C. The van der Waals surface area contributed by atoms with Crippen LogP contribution >= 0.6 is 0 Å². The lowest BCUT2D eigenvalue weighted by atomic mass is 9.97. The lowest BCUT2D eigenvalue weighted by Gasteiger charge is -2.21. The first kappa shape index (κ1) is 12.0. The smallest absolute Gasteiger partial charge is 0.123 e. The largest absolute Gasteiger partial charge is 0.488 e. The van der Waals surface area contributed by atoms with Gasteiger partial charge in [0.05, 0.1) is 0 Å². The maximum atomic E-state index is 5.97. The second-order valence-electron chi connectivity index (χ2n) is 5.98. The van der Waals surface area contributed by atoms with Gasteiger partial charge in [0.15, 0.2) is 0 Å². The first-order valence-corrected chi connectivity index (χ1v) is 7.22. The molecule has 2 aliphatic rings. The predicted octanol–water partition coefficient (Wildman–Crippen LogP) is 3.01. The Balaban J connectivity index is 1.52. The minimum Gasteiger partial charge on any atom is -0.488 e. The van der Waals surface area contributed by atoms with Crippen LogP contribution in [0.3, 0.4) is 0 Å². The highest BCUT2D eigenvalue weighted by atomic mass is 16.5. The molecular formula is C16H23NO. The summed E-state index contributed by atoms with van der Waals surface area (Å²) in [4.78, 5) is 0. The molecule has 1 aliphatic heterocycles. The van der Waals surface area contributed by atoms with Crippen molar-refractivity contribution in [1.82, 2.24) is 5.32 Å². The minimum absolute atomic E-state index is 0.325. The Morgan fingerprint density at radius 2 is 2.06 bits per heavy atom. The number of fused-ring (bicyclic) bond motifs is 1. The van der Waals surface area contributed by atoms with Crippen LogP contribution in [0.2, 0.25) is 0 Å². The Bertz CT molecular complexity index is 392. The van der Waals surface area contributed by atoms with Crippen molar-refractivity contribution >= 4 is 0 Å². The zero-order valence-electron chi connectivity index (χ0n) is 11.4. The third kappa shape index (κ3) is 2.26. The number of para-hydroxylation sites is 1. The van der Waals surface area contributed by atoms with E-state index in [2.05, 4.69) is 43.4 Å². The Morgan fingerprint density at radius 1 is 1.22 bits per heavy atom. The highest BCUT2D eigenvalue weighted by molar-refractivity contribution is 5.37. The maximum Gasteiger partial charge on any atom is 0.123 e. The molecule has 0 amide bonds.